The maximum Gasteiger partial charge on any atom is 0.131 e. The fraction of sp³-hybridized carbons (Fsp3) is 0.750. The molecule has 0 aliphatic rings. The molecule has 0 aromatic heterocycles. The van der Waals surface area contributed by atoms with E-state index in [1.807, 2.05) is 0 Å². The minimum Gasteiger partial charge on any atom is -0.385 e. The average molecular weight is 199 g/mol. The summed E-state index contributed by atoms with van der Waals surface area (Å²) in [6, 6.07) is 0. The largest absolute Gasteiger partial charge is 0.385 e. The van der Waals surface area contributed by atoms with Crippen LogP contribution in [-0.2, 0) is 17.1 Å². The number of hydrogen-bond acceptors (Lipinski definition) is 2. The first-order valence-corrected chi connectivity index (χ1v) is 3.59. The Morgan fingerprint density at radius 1 is 1.75 bits per heavy atom. The molecule has 0 bridgehead atoms. The van der Waals surface area contributed by atoms with Crippen molar-refractivity contribution in [3.63, 3.8) is 0 Å². The van der Waals surface area contributed by atoms with Crippen LogP contribution in [0.1, 0.15) is 13.3 Å². The molecule has 4 heteroatoms. The molecule has 53 valence electrons. The summed E-state index contributed by atoms with van der Waals surface area (Å²) in [6.07, 6.45) is 1.14. The second-order valence-electron chi connectivity index (χ2n) is 1.17. The van der Waals surface area contributed by atoms with Gasteiger partial charge in [-0.25, -0.2) is 0 Å². The number of rotatable bonds is 2. The summed E-state index contributed by atoms with van der Waals surface area (Å²) in [5.41, 5.74) is 5.17. The van der Waals surface area contributed by atoms with Crippen molar-refractivity contribution in [2.75, 3.05) is 5.75 Å². The molecular formula is C4H9CuNS2. The fourth-order valence-electron chi connectivity index (χ4n) is 0.203. The fourth-order valence-corrected chi connectivity index (χ4v) is 0.858. The van der Waals surface area contributed by atoms with E-state index in [-0.39, 0.29) is 17.1 Å². The molecule has 0 aromatic carbocycles. The quantitative estimate of drug-likeness (QED) is 0.537. The van der Waals surface area contributed by atoms with Gasteiger partial charge in [0.25, 0.3) is 0 Å². The molecule has 0 aromatic rings. The van der Waals surface area contributed by atoms with Crippen LogP contribution in [0.15, 0.2) is 0 Å². The first-order valence-electron chi connectivity index (χ1n) is 2.19. The van der Waals surface area contributed by atoms with Crippen molar-refractivity contribution in [2.24, 2.45) is 5.73 Å². The number of nitrogens with two attached hydrogens (primary N) is 1. The summed E-state index contributed by atoms with van der Waals surface area (Å²) >= 11 is 6.14. The molecule has 0 heterocycles. The van der Waals surface area contributed by atoms with Gasteiger partial charge in [-0.05, 0) is 12.2 Å². The van der Waals surface area contributed by atoms with Crippen molar-refractivity contribution in [2.45, 2.75) is 13.3 Å². The standard InChI is InChI=1S/C4H9NS2.Cu/c1-2-3-7-4(5)6;/h2-3H2,1H3,(H2,5,6);. The number of thiocarbonyl (C=S) groups is 1. The van der Waals surface area contributed by atoms with Gasteiger partial charge in [0.2, 0.25) is 0 Å². The maximum absolute atomic E-state index is 5.17. The van der Waals surface area contributed by atoms with Gasteiger partial charge in [0.05, 0.1) is 0 Å². The van der Waals surface area contributed by atoms with Crippen molar-refractivity contribution >= 4 is 28.3 Å². The monoisotopic (exact) mass is 198 g/mol. The minimum absolute atomic E-state index is 0. The number of thioether (sulfide) groups is 1. The van der Waals surface area contributed by atoms with Gasteiger partial charge in [-0.2, -0.15) is 0 Å². The van der Waals surface area contributed by atoms with E-state index in [4.69, 9.17) is 5.73 Å². The van der Waals surface area contributed by atoms with E-state index in [1.165, 1.54) is 0 Å². The first-order chi connectivity index (χ1) is 3.27. The Morgan fingerprint density at radius 2 is 2.25 bits per heavy atom. The van der Waals surface area contributed by atoms with Crippen LogP contribution in [0, 0.1) is 0 Å². The summed E-state index contributed by atoms with van der Waals surface area (Å²) < 4.78 is 0.557. The van der Waals surface area contributed by atoms with Crippen molar-refractivity contribution in [1.82, 2.24) is 0 Å². The molecule has 0 saturated heterocycles. The van der Waals surface area contributed by atoms with Crippen molar-refractivity contribution in [3.8, 4) is 0 Å². The summed E-state index contributed by atoms with van der Waals surface area (Å²) in [5, 5.41) is 0. The van der Waals surface area contributed by atoms with Gasteiger partial charge < -0.3 is 5.73 Å². The Morgan fingerprint density at radius 3 is 2.38 bits per heavy atom. The molecule has 0 atom stereocenters. The second kappa shape index (κ2) is 7.76. The average Bonchev–Trinajstić information content (AvgIpc) is 1.61. The van der Waals surface area contributed by atoms with Crippen LogP contribution in [0.3, 0.4) is 0 Å². The van der Waals surface area contributed by atoms with Gasteiger partial charge in [0, 0.05) is 17.1 Å². The number of hydrogen-bond donors (Lipinski definition) is 1. The van der Waals surface area contributed by atoms with Crippen LogP contribution < -0.4 is 5.73 Å². The molecule has 0 saturated carbocycles. The van der Waals surface area contributed by atoms with Crippen molar-refractivity contribution < 1.29 is 17.1 Å². The molecule has 0 fully saturated rings. The smallest absolute Gasteiger partial charge is 0.131 e. The Labute approximate surface area is 70.3 Å². The van der Waals surface area contributed by atoms with Crippen LogP contribution in [0.4, 0.5) is 0 Å². The van der Waals surface area contributed by atoms with E-state index in [1.54, 1.807) is 11.8 Å². The van der Waals surface area contributed by atoms with E-state index >= 15 is 0 Å². The van der Waals surface area contributed by atoms with Crippen LogP contribution in [0.5, 0.6) is 0 Å². The van der Waals surface area contributed by atoms with Crippen LogP contribution in [-0.4, -0.2) is 10.1 Å². The zero-order valence-electron chi connectivity index (χ0n) is 4.61. The zero-order valence-corrected chi connectivity index (χ0v) is 7.18. The van der Waals surface area contributed by atoms with Gasteiger partial charge in [0.1, 0.15) is 4.32 Å². The summed E-state index contributed by atoms with van der Waals surface area (Å²) in [7, 11) is 0. The molecular weight excluding hydrogens is 190 g/mol. The topological polar surface area (TPSA) is 26.0 Å². The van der Waals surface area contributed by atoms with Crippen LogP contribution in [0.2, 0.25) is 0 Å². The van der Waals surface area contributed by atoms with Crippen LogP contribution in [0.25, 0.3) is 0 Å². The Balaban J connectivity index is 0. The third kappa shape index (κ3) is 9.90. The van der Waals surface area contributed by atoms with E-state index in [2.05, 4.69) is 19.1 Å². The van der Waals surface area contributed by atoms with E-state index in [0.29, 0.717) is 4.32 Å². The SMILES string of the molecule is CCCSC(N)=S.[Cu]. The third-order valence-corrected chi connectivity index (χ3v) is 1.70. The molecule has 1 radical (unpaired) electrons. The molecule has 2 N–H and O–H groups in total. The molecule has 0 rings (SSSR count). The molecule has 0 amide bonds. The molecule has 0 spiro atoms. The van der Waals surface area contributed by atoms with Gasteiger partial charge in [-0.3, -0.25) is 0 Å². The van der Waals surface area contributed by atoms with Gasteiger partial charge in [-0.15, -0.1) is 0 Å². The second-order valence-corrected chi connectivity index (χ2v) is 3.00. The van der Waals surface area contributed by atoms with E-state index in [0.717, 1.165) is 12.2 Å². The van der Waals surface area contributed by atoms with Gasteiger partial charge in [-0.1, -0.05) is 30.9 Å². The Kier molecular flexibility index (Phi) is 11.2. The van der Waals surface area contributed by atoms with Crippen molar-refractivity contribution in [3.05, 3.63) is 0 Å². The molecule has 1 nitrogen and oxygen atoms in total. The van der Waals surface area contributed by atoms with E-state index in [9.17, 15) is 0 Å². The normalized spacial score (nSPS) is 7.62. The van der Waals surface area contributed by atoms with Crippen molar-refractivity contribution in [1.29, 1.82) is 0 Å². The summed E-state index contributed by atoms with van der Waals surface area (Å²) in [4.78, 5) is 0. The summed E-state index contributed by atoms with van der Waals surface area (Å²) in [5.74, 6) is 1.05. The third-order valence-electron chi connectivity index (χ3n) is 0.448. The zero-order chi connectivity index (χ0) is 5.70. The minimum atomic E-state index is 0. The molecule has 0 aliphatic heterocycles. The maximum atomic E-state index is 5.17. The Hall–Kier alpha value is 0.759. The molecule has 0 unspecified atom stereocenters. The van der Waals surface area contributed by atoms with Crippen LogP contribution >= 0.6 is 24.0 Å². The Bertz CT molecular complexity index is 67.1. The predicted octanol–water partition coefficient (Wildman–Crippen LogP) is 1.37. The molecule has 0 aliphatic carbocycles. The first kappa shape index (κ1) is 11.5. The summed E-state index contributed by atoms with van der Waals surface area (Å²) in [6.45, 7) is 2.10. The van der Waals surface area contributed by atoms with Gasteiger partial charge in [0.15, 0.2) is 0 Å². The molecule has 8 heavy (non-hydrogen) atoms. The van der Waals surface area contributed by atoms with Gasteiger partial charge >= 0.3 is 0 Å². The predicted molar refractivity (Wildman–Crippen MR) is 39.5 cm³/mol. The van der Waals surface area contributed by atoms with E-state index < -0.39 is 0 Å².